The number of aromatic nitrogens is 1. The molecule has 0 radical (unpaired) electrons. The van der Waals surface area contributed by atoms with Crippen LogP contribution in [0.15, 0.2) is 16.9 Å². The van der Waals surface area contributed by atoms with E-state index in [0.29, 0.717) is 16.7 Å². The molecule has 7 heteroatoms. The molecule has 1 aromatic rings. The Morgan fingerprint density at radius 2 is 2.32 bits per heavy atom. The van der Waals surface area contributed by atoms with Gasteiger partial charge in [0, 0.05) is 25.7 Å². The summed E-state index contributed by atoms with van der Waals surface area (Å²) in [7, 11) is 1.80. The molecule has 0 amide bonds. The number of nitro groups is 1. The van der Waals surface area contributed by atoms with Crippen LogP contribution in [0, 0.1) is 16.0 Å². The number of hydrogen-bond acceptors (Lipinski definition) is 5. The van der Waals surface area contributed by atoms with Gasteiger partial charge in [0.25, 0.3) is 0 Å². The Balaban J connectivity index is 2.23. The van der Waals surface area contributed by atoms with Gasteiger partial charge in [-0.25, -0.2) is 0 Å². The fourth-order valence-corrected chi connectivity index (χ4v) is 3.23. The maximum atomic E-state index is 11.0. The van der Waals surface area contributed by atoms with Gasteiger partial charge in [-0.05, 0) is 28.8 Å². The smallest absolute Gasteiger partial charge is 0.311 e. The summed E-state index contributed by atoms with van der Waals surface area (Å²) in [6.07, 6.45) is 5.28. The molecule has 0 saturated heterocycles. The van der Waals surface area contributed by atoms with E-state index in [2.05, 4.69) is 20.9 Å². The minimum Gasteiger partial charge on any atom is -0.393 e. The van der Waals surface area contributed by atoms with Crippen LogP contribution >= 0.6 is 15.9 Å². The number of nitrogens with zero attached hydrogens (tertiary/aromatic N) is 3. The molecular formula is C12H16BrN3O3. The highest BCUT2D eigenvalue weighted by atomic mass is 79.9. The Bertz CT molecular complexity index is 483. The van der Waals surface area contributed by atoms with Crippen molar-refractivity contribution in [2.24, 2.45) is 5.92 Å². The maximum Gasteiger partial charge on any atom is 0.311 e. The number of aliphatic hydroxyl groups is 1. The SMILES string of the molecule is CN(C[C@@H]1CCC[C@H]1O)c1c(Br)cncc1[N+](=O)[O-]. The molecule has 6 nitrogen and oxygen atoms in total. The third-order valence-electron chi connectivity index (χ3n) is 3.56. The highest BCUT2D eigenvalue weighted by molar-refractivity contribution is 9.10. The normalized spacial score (nSPS) is 22.5. The van der Waals surface area contributed by atoms with Crippen LogP contribution in [-0.4, -0.2) is 34.7 Å². The van der Waals surface area contributed by atoms with Crippen molar-refractivity contribution in [3.05, 3.63) is 27.0 Å². The number of halogens is 1. The Hall–Kier alpha value is -1.21. The number of anilines is 1. The van der Waals surface area contributed by atoms with Crippen LogP contribution in [-0.2, 0) is 0 Å². The molecule has 2 atom stereocenters. The maximum absolute atomic E-state index is 11.0. The van der Waals surface area contributed by atoms with Crippen LogP contribution in [0.3, 0.4) is 0 Å². The van der Waals surface area contributed by atoms with E-state index in [0.717, 1.165) is 19.3 Å². The fraction of sp³-hybridized carbons (Fsp3) is 0.583. The van der Waals surface area contributed by atoms with Gasteiger partial charge < -0.3 is 10.0 Å². The van der Waals surface area contributed by atoms with Crippen molar-refractivity contribution >= 4 is 27.3 Å². The Morgan fingerprint density at radius 3 is 2.89 bits per heavy atom. The van der Waals surface area contributed by atoms with Gasteiger partial charge in [0.1, 0.15) is 11.9 Å². The summed E-state index contributed by atoms with van der Waals surface area (Å²) < 4.78 is 0.594. The van der Waals surface area contributed by atoms with E-state index in [1.54, 1.807) is 13.2 Å². The average Bonchev–Trinajstić information content (AvgIpc) is 2.74. The van der Waals surface area contributed by atoms with E-state index in [1.165, 1.54) is 6.20 Å². The molecule has 0 aromatic carbocycles. The lowest BCUT2D eigenvalue weighted by Gasteiger charge is -2.25. The summed E-state index contributed by atoms with van der Waals surface area (Å²) in [6.45, 7) is 0.602. The van der Waals surface area contributed by atoms with Gasteiger partial charge in [0.15, 0.2) is 0 Å². The quantitative estimate of drug-likeness (QED) is 0.677. The molecule has 1 aliphatic carbocycles. The Labute approximate surface area is 119 Å². The molecule has 0 bridgehead atoms. The highest BCUT2D eigenvalue weighted by Gasteiger charge is 2.29. The largest absolute Gasteiger partial charge is 0.393 e. The lowest BCUT2D eigenvalue weighted by Crippen LogP contribution is -2.30. The zero-order valence-corrected chi connectivity index (χ0v) is 12.2. The lowest BCUT2D eigenvalue weighted by molar-refractivity contribution is -0.384. The van der Waals surface area contributed by atoms with Crippen molar-refractivity contribution in [1.29, 1.82) is 0 Å². The first-order valence-electron chi connectivity index (χ1n) is 6.17. The first kappa shape index (κ1) is 14.2. The molecule has 0 aliphatic heterocycles. The molecule has 19 heavy (non-hydrogen) atoms. The minimum absolute atomic E-state index is 0.0237. The molecule has 1 heterocycles. The molecule has 0 unspecified atom stereocenters. The summed E-state index contributed by atoms with van der Waals surface area (Å²) in [5, 5.41) is 20.9. The van der Waals surface area contributed by atoms with Crippen molar-refractivity contribution in [2.45, 2.75) is 25.4 Å². The first-order chi connectivity index (χ1) is 9.00. The van der Waals surface area contributed by atoms with Crippen LogP contribution in [0.25, 0.3) is 0 Å². The number of pyridine rings is 1. The summed E-state index contributed by atoms with van der Waals surface area (Å²) in [4.78, 5) is 16.3. The number of hydrogen-bond donors (Lipinski definition) is 1. The summed E-state index contributed by atoms with van der Waals surface area (Å²) in [5.74, 6) is 0.171. The second kappa shape index (κ2) is 5.83. The third-order valence-corrected chi connectivity index (χ3v) is 4.14. The zero-order chi connectivity index (χ0) is 14.0. The van der Waals surface area contributed by atoms with E-state index in [9.17, 15) is 15.2 Å². The fourth-order valence-electron chi connectivity index (χ4n) is 2.60. The third kappa shape index (κ3) is 3.03. The highest BCUT2D eigenvalue weighted by Crippen LogP contribution is 2.36. The van der Waals surface area contributed by atoms with E-state index in [-0.39, 0.29) is 17.7 Å². The monoisotopic (exact) mass is 329 g/mol. The molecular weight excluding hydrogens is 314 g/mol. The van der Waals surface area contributed by atoms with Gasteiger partial charge in [-0.2, -0.15) is 0 Å². The topological polar surface area (TPSA) is 79.5 Å². The molecule has 1 aromatic heterocycles. The van der Waals surface area contributed by atoms with Crippen LogP contribution in [0.2, 0.25) is 0 Å². The predicted octanol–water partition coefficient (Wildman–Crippen LogP) is 2.35. The van der Waals surface area contributed by atoms with Gasteiger partial charge in [0.2, 0.25) is 0 Å². The second-order valence-electron chi connectivity index (χ2n) is 4.89. The second-order valence-corrected chi connectivity index (χ2v) is 5.74. The minimum atomic E-state index is -0.436. The van der Waals surface area contributed by atoms with Crippen LogP contribution in [0.5, 0.6) is 0 Å². The Kier molecular flexibility index (Phi) is 4.36. The average molecular weight is 330 g/mol. The first-order valence-corrected chi connectivity index (χ1v) is 6.97. The molecule has 0 spiro atoms. The molecule has 1 saturated carbocycles. The van der Waals surface area contributed by atoms with Gasteiger partial charge in [-0.3, -0.25) is 15.1 Å². The molecule has 2 rings (SSSR count). The van der Waals surface area contributed by atoms with Crippen molar-refractivity contribution in [3.63, 3.8) is 0 Å². The summed E-state index contributed by atoms with van der Waals surface area (Å²) >= 11 is 3.31. The molecule has 104 valence electrons. The van der Waals surface area contributed by atoms with Crippen LogP contribution in [0.4, 0.5) is 11.4 Å². The molecule has 1 N–H and O–H groups in total. The van der Waals surface area contributed by atoms with E-state index < -0.39 is 4.92 Å². The number of rotatable bonds is 4. The van der Waals surface area contributed by atoms with Crippen molar-refractivity contribution in [2.75, 3.05) is 18.5 Å². The van der Waals surface area contributed by atoms with Crippen molar-refractivity contribution < 1.29 is 10.0 Å². The van der Waals surface area contributed by atoms with Gasteiger partial charge in [0.05, 0.1) is 15.5 Å². The molecule has 1 aliphatic rings. The van der Waals surface area contributed by atoms with Crippen molar-refractivity contribution in [1.82, 2.24) is 4.98 Å². The van der Waals surface area contributed by atoms with Crippen LogP contribution < -0.4 is 4.90 Å². The summed E-state index contributed by atoms with van der Waals surface area (Å²) in [6, 6.07) is 0. The van der Waals surface area contributed by atoms with E-state index in [4.69, 9.17) is 0 Å². The van der Waals surface area contributed by atoms with E-state index >= 15 is 0 Å². The van der Waals surface area contributed by atoms with Gasteiger partial charge in [-0.1, -0.05) is 6.42 Å². The van der Waals surface area contributed by atoms with Crippen LogP contribution in [0.1, 0.15) is 19.3 Å². The Morgan fingerprint density at radius 1 is 1.58 bits per heavy atom. The zero-order valence-electron chi connectivity index (χ0n) is 10.6. The van der Waals surface area contributed by atoms with Gasteiger partial charge in [-0.15, -0.1) is 0 Å². The number of aliphatic hydroxyl groups excluding tert-OH is 1. The standard InChI is InChI=1S/C12H16BrN3O3/c1-15(7-8-3-2-4-11(8)17)12-9(13)5-14-6-10(12)16(18)19/h5-6,8,11,17H,2-4,7H2,1H3/t8-,11+/m0/s1. The predicted molar refractivity (Wildman–Crippen MR) is 75.2 cm³/mol. The lowest BCUT2D eigenvalue weighted by atomic mass is 10.1. The molecule has 1 fully saturated rings. The van der Waals surface area contributed by atoms with Crippen molar-refractivity contribution in [3.8, 4) is 0 Å². The van der Waals surface area contributed by atoms with Gasteiger partial charge >= 0.3 is 5.69 Å². The summed E-state index contributed by atoms with van der Waals surface area (Å²) in [5.41, 5.74) is 0.489. The van der Waals surface area contributed by atoms with E-state index in [1.807, 2.05) is 4.90 Å².